The molecule has 1 aromatic rings. The van der Waals surface area contributed by atoms with Crippen molar-refractivity contribution in [2.45, 2.75) is 32.2 Å². The van der Waals surface area contributed by atoms with E-state index in [1.165, 1.54) is 0 Å². The average molecular weight is 221 g/mol. The van der Waals surface area contributed by atoms with E-state index in [-0.39, 0.29) is 5.54 Å². The molecule has 0 radical (unpaired) electrons. The van der Waals surface area contributed by atoms with Gasteiger partial charge in [-0.2, -0.15) is 0 Å². The Balaban J connectivity index is 2.56. The lowest BCUT2D eigenvalue weighted by Gasteiger charge is -2.28. The van der Waals surface area contributed by atoms with Crippen LogP contribution in [0.1, 0.15) is 30.9 Å². The molecule has 1 unspecified atom stereocenters. The number of hydrogen-bond donors (Lipinski definition) is 2. The molecule has 2 rings (SSSR count). The summed E-state index contributed by atoms with van der Waals surface area (Å²) in [6, 6.07) is 3.81. The van der Waals surface area contributed by atoms with Crippen molar-refractivity contribution < 1.29 is 9.84 Å². The molecule has 1 aliphatic heterocycles. The summed E-state index contributed by atoms with van der Waals surface area (Å²) in [4.78, 5) is 0. The highest BCUT2D eigenvalue weighted by atomic mass is 16.5. The highest BCUT2D eigenvalue weighted by Crippen LogP contribution is 2.42. The molecule has 1 fully saturated rings. The van der Waals surface area contributed by atoms with E-state index in [0.29, 0.717) is 5.75 Å². The van der Waals surface area contributed by atoms with E-state index in [9.17, 15) is 5.11 Å². The fourth-order valence-corrected chi connectivity index (χ4v) is 2.49. The topological polar surface area (TPSA) is 41.5 Å². The van der Waals surface area contributed by atoms with Crippen LogP contribution in [0.4, 0.5) is 0 Å². The zero-order valence-electron chi connectivity index (χ0n) is 10.1. The molecular weight excluding hydrogens is 202 g/mol. The van der Waals surface area contributed by atoms with Crippen molar-refractivity contribution in [1.29, 1.82) is 0 Å². The molecule has 3 heteroatoms. The summed E-state index contributed by atoms with van der Waals surface area (Å²) >= 11 is 0. The molecule has 1 heterocycles. The molecule has 2 N–H and O–H groups in total. The smallest absolute Gasteiger partial charge is 0.127 e. The third kappa shape index (κ3) is 1.65. The maximum atomic E-state index is 10.2. The number of hydrogen-bond acceptors (Lipinski definition) is 3. The third-order valence-electron chi connectivity index (χ3n) is 3.48. The second kappa shape index (κ2) is 3.98. The second-order valence-corrected chi connectivity index (χ2v) is 4.67. The Morgan fingerprint density at radius 2 is 2.19 bits per heavy atom. The number of rotatable bonds is 2. The molecule has 0 bridgehead atoms. The van der Waals surface area contributed by atoms with Gasteiger partial charge in [0.05, 0.1) is 12.7 Å². The molecule has 0 spiro atoms. The first-order valence-electron chi connectivity index (χ1n) is 5.70. The van der Waals surface area contributed by atoms with E-state index in [1.807, 2.05) is 19.1 Å². The van der Waals surface area contributed by atoms with Gasteiger partial charge in [0.25, 0.3) is 0 Å². The molecule has 0 aliphatic carbocycles. The molecule has 0 saturated carbocycles. The summed E-state index contributed by atoms with van der Waals surface area (Å²) in [5.74, 6) is 1.12. The summed E-state index contributed by atoms with van der Waals surface area (Å²) < 4.78 is 5.36. The fourth-order valence-electron chi connectivity index (χ4n) is 2.49. The van der Waals surface area contributed by atoms with Crippen molar-refractivity contribution >= 4 is 0 Å². The van der Waals surface area contributed by atoms with Gasteiger partial charge < -0.3 is 15.2 Å². The summed E-state index contributed by atoms with van der Waals surface area (Å²) in [6.45, 7) is 5.03. The van der Waals surface area contributed by atoms with Crippen LogP contribution in [0.3, 0.4) is 0 Å². The van der Waals surface area contributed by atoms with Crippen molar-refractivity contribution in [3.05, 3.63) is 23.3 Å². The predicted molar refractivity (Wildman–Crippen MR) is 64.0 cm³/mol. The largest absolute Gasteiger partial charge is 0.507 e. The summed E-state index contributed by atoms with van der Waals surface area (Å²) in [6.07, 6.45) is 2.16. The first kappa shape index (κ1) is 11.3. The Labute approximate surface area is 96.4 Å². The number of nitrogens with one attached hydrogen (secondary N) is 1. The van der Waals surface area contributed by atoms with Crippen LogP contribution >= 0.6 is 0 Å². The number of methoxy groups -OCH3 is 1. The van der Waals surface area contributed by atoms with Gasteiger partial charge in [-0.15, -0.1) is 0 Å². The number of phenols is 1. The monoisotopic (exact) mass is 221 g/mol. The molecule has 88 valence electrons. The second-order valence-electron chi connectivity index (χ2n) is 4.67. The zero-order valence-corrected chi connectivity index (χ0v) is 10.1. The Morgan fingerprint density at radius 3 is 2.75 bits per heavy atom. The maximum Gasteiger partial charge on any atom is 0.127 e. The van der Waals surface area contributed by atoms with E-state index in [1.54, 1.807) is 7.11 Å². The molecular formula is C13H19NO2. The minimum atomic E-state index is -0.165. The first-order valence-corrected chi connectivity index (χ1v) is 5.70. The Morgan fingerprint density at radius 1 is 1.44 bits per heavy atom. The van der Waals surface area contributed by atoms with Crippen molar-refractivity contribution in [3.63, 3.8) is 0 Å². The van der Waals surface area contributed by atoms with E-state index >= 15 is 0 Å². The van der Waals surface area contributed by atoms with Crippen LogP contribution in [0.15, 0.2) is 12.1 Å². The van der Waals surface area contributed by atoms with Crippen LogP contribution in [-0.4, -0.2) is 18.8 Å². The number of aryl methyl sites for hydroxylation is 1. The lowest BCUT2D eigenvalue weighted by molar-refractivity contribution is 0.350. The van der Waals surface area contributed by atoms with Crippen LogP contribution in [0, 0.1) is 6.92 Å². The zero-order chi connectivity index (χ0) is 11.8. The summed E-state index contributed by atoms with van der Waals surface area (Å²) in [5, 5.41) is 13.7. The maximum absolute atomic E-state index is 10.2. The molecule has 1 saturated heterocycles. The third-order valence-corrected chi connectivity index (χ3v) is 3.48. The fraction of sp³-hybridized carbons (Fsp3) is 0.538. The first-order chi connectivity index (χ1) is 7.58. The molecule has 16 heavy (non-hydrogen) atoms. The summed E-state index contributed by atoms with van der Waals surface area (Å²) in [7, 11) is 1.64. The molecule has 0 amide bonds. The minimum Gasteiger partial charge on any atom is -0.507 e. The Hall–Kier alpha value is -1.22. The van der Waals surface area contributed by atoms with E-state index in [0.717, 1.165) is 36.3 Å². The van der Waals surface area contributed by atoms with Crippen LogP contribution in [-0.2, 0) is 5.54 Å². The van der Waals surface area contributed by atoms with E-state index in [2.05, 4.69) is 12.2 Å². The van der Waals surface area contributed by atoms with Crippen LogP contribution in [0.25, 0.3) is 0 Å². The molecule has 3 nitrogen and oxygen atoms in total. The van der Waals surface area contributed by atoms with E-state index < -0.39 is 0 Å². The van der Waals surface area contributed by atoms with E-state index in [4.69, 9.17) is 4.74 Å². The molecule has 1 atom stereocenters. The SMILES string of the molecule is COc1ccc(C)c(O)c1C1(C)CCCN1. The van der Waals surface area contributed by atoms with Gasteiger partial charge >= 0.3 is 0 Å². The standard InChI is InChI=1S/C13H19NO2/c1-9-5-6-10(16-3)11(12(9)15)13(2)7-4-8-14-13/h5-6,14-15H,4,7-8H2,1-3H3. The van der Waals surface area contributed by atoms with Gasteiger partial charge in [0.2, 0.25) is 0 Å². The lowest BCUT2D eigenvalue weighted by Crippen LogP contribution is -2.33. The number of aromatic hydroxyl groups is 1. The minimum absolute atomic E-state index is 0.165. The van der Waals surface area contributed by atoms with Gasteiger partial charge in [-0.3, -0.25) is 0 Å². The van der Waals surface area contributed by atoms with Gasteiger partial charge in [0.15, 0.2) is 0 Å². The van der Waals surface area contributed by atoms with Crippen LogP contribution in [0.5, 0.6) is 11.5 Å². The van der Waals surface area contributed by atoms with Crippen molar-refractivity contribution in [1.82, 2.24) is 5.32 Å². The lowest BCUT2D eigenvalue weighted by atomic mass is 9.87. The van der Waals surface area contributed by atoms with Crippen molar-refractivity contribution in [2.75, 3.05) is 13.7 Å². The normalized spacial score (nSPS) is 24.7. The highest BCUT2D eigenvalue weighted by Gasteiger charge is 2.35. The van der Waals surface area contributed by atoms with Crippen molar-refractivity contribution in [3.8, 4) is 11.5 Å². The average Bonchev–Trinajstić information content (AvgIpc) is 2.69. The van der Waals surface area contributed by atoms with Gasteiger partial charge in [-0.1, -0.05) is 6.07 Å². The highest BCUT2D eigenvalue weighted by molar-refractivity contribution is 5.52. The van der Waals surface area contributed by atoms with Crippen LogP contribution < -0.4 is 10.1 Å². The van der Waals surface area contributed by atoms with Crippen LogP contribution in [0.2, 0.25) is 0 Å². The van der Waals surface area contributed by atoms with Gasteiger partial charge in [-0.05, 0) is 44.9 Å². The molecule has 0 aromatic heterocycles. The Bertz CT molecular complexity index is 395. The Kier molecular flexibility index (Phi) is 2.80. The summed E-state index contributed by atoms with van der Waals surface area (Å²) in [5.41, 5.74) is 1.62. The molecule has 1 aliphatic rings. The van der Waals surface area contributed by atoms with Gasteiger partial charge in [0.1, 0.15) is 11.5 Å². The van der Waals surface area contributed by atoms with Gasteiger partial charge in [-0.25, -0.2) is 0 Å². The number of phenolic OH excluding ortho intramolecular Hbond substituents is 1. The van der Waals surface area contributed by atoms with Crippen molar-refractivity contribution in [2.24, 2.45) is 0 Å². The number of ether oxygens (including phenoxy) is 1. The number of benzene rings is 1. The molecule has 1 aromatic carbocycles. The van der Waals surface area contributed by atoms with Gasteiger partial charge in [0, 0.05) is 5.54 Å². The quantitative estimate of drug-likeness (QED) is 0.805. The predicted octanol–water partition coefficient (Wildman–Crippen LogP) is 2.31.